The lowest BCUT2D eigenvalue weighted by Crippen LogP contribution is -2.28. The predicted molar refractivity (Wildman–Crippen MR) is 87.5 cm³/mol. The lowest BCUT2D eigenvalue weighted by atomic mass is 10.1. The topological polar surface area (TPSA) is 102 Å². The number of amides is 1. The highest BCUT2D eigenvalue weighted by molar-refractivity contribution is 6.39. The van der Waals surface area contributed by atoms with E-state index in [1.807, 2.05) is 0 Å². The Morgan fingerprint density at radius 3 is 2.62 bits per heavy atom. The molecular weight excluding hydrogens is 359 g/mol. The molecule has 0 fully saturated rings. The zero-order valence-corrected chi connectivity index (χ0v) is 14.1. The van der Waals surface area contributed by atoms with E-state index in [9.17, 15) is 9.59 Å². The van der Waals surface area contributed by atoms with Crippen molar-refractivity contribution in [1.29, 1.82) is 0 Å². The lowest BCUT2D eigenvalue weighted by Gasteiger charge is -2.08. The van der Waals surface area contributed by atoms with Gasteiger partial charge in [-0.3, -0.25) is 4.79 Å². The van der Waals surface area contributed by atoms with E-state index in [-0.39, 0.29) is 24.4 Å². The number of ether oxygens (including phenoxy) is 1. The van der Waals surface area contributed by atoms with Crippen molar-refractivity contribution >= 4 is 35.1 Å². The first-order chi connectivity index (χ1) is 11.4. The Hall–Kier alpha value is -2.09. The van der Waals surface area contributed by atoms with Gasteiger partial charge in [0.2, 0.25) is 0 Å². The van der Waals surface area contributed by atoms with Crippen LogP contribution >= 0.6 is 23.2 Å². The zero-order chi connectivity index (χ0) is 17.7. The fourth-order valence-corrected chi connectivity index (χ4v) is 2.60. The van der Waals surface area contributed by atoms with Gasteiger partial charge in [0.15, 0.2) is 0 Å². The third-order valence-corrected chi connectivity index (χ3v) is 3.68. The molecular formula is C15H14Cl2N2O5. The number of carboxylic acids is 1. The van der Waals surface area contributed by atoms with Crippen LogP contribution in [0.25, 0.3) is 11.3 Å². The molecule has 0 bridgehead atoms. The highest BCUT2D eigenvalue weighted by Gasteiger charge is 2.24. The van der Waals surface area contributed by atoms with Gasteiger partial charge in [-0.1, -0.05) is 34.4 Å². The number of benzene rings is 1. The van der Waals surface area contributed by atoms with Crippen molar-refractivity contribution in [3.05, 3.63) is 39.6 Å². The summed E-state index contributed by atoms with van der Waals surface area (Å²) in [5.41, 5.74) is 0.861. The molecule has 0 aliphatic heterocycles. The molecule has 0 unspecified atom stereocenters. The van der Waals surface area contributed by atoms with E-state index >= 15 is 0 Å². The summed E-state index contributed by atoms with van der Waals surface area (Å²) >= 11 is 12.3. The minimum atomic E-state index is -1.08. The maximum absolute atomic E-state index is 12.4. The van der Waals surface area contributed by atoms with Crippen molar-refractivity contribution in [2.24, 2.45) is 0 Å². The SMILES string of the molecule is Cc1onc(-c2c(Cl)cccc2Cl)c1C(=O)NCCOCC(=O)O. The van der Waals surface area contributed by atoms with Crippen molar-refractivity contribution in [1.82, 2.24) is 10.5 Å². The maximum Gasteiger partial charge on any atom is 0.329 e. The van der Waals surface area contributed by atoms with E-state index in [2.05, 4.69) is 10.5 Å². The van der Waals surface area contributed by atoms with Crippen LogP contribution in [0.4, 0.5) is 0 Å². The fraction of sp³-hybridized carbons (Fsp3) is 0.267. The average Bonchev–Trinajstić information content (AvgIpc) is 2.88. The van der Waals surface area contributed by atoms with Gasteiger partial charge in [-0.05, 0) is 19.1 Å². The van der Waals surface area contributed by atoms with Crippen LogP contribution < -0.4 is 5.32 Å². The van der Waals surface area contributed by atoms with Gasteiger partial charge < -0.3 is 19.7 Å². The second-order valence-corrected chi connectivity index (χ2v) is 5.58. The Morgan fingerprint density at radius 1 is 1.33 bits per heavy atom. The summed E-state index contributed by atoms with van der Waals surface area (Å²) in [7, 11) is 0. The van der Waals surface area contributed by atoms with Gasteiger partial charge in [0.05, 0.1) is 16.7 Å². The molecule has 1 aromatic carbocycles. The largest absolute Gasteiger partial charge is 0.480 e. The number of aryl methyl sites for hydroxylation is 1. The number of hydrogen-bond donors (Lipinski definition) is 2. The summed E-state index contributed by atoms with van der Waals surface area (Å²) in [4.78, 5) is 22.7. The number of aliphatic carboxylic acids is 1. The first-order valence-corrected chi connectivity index (χ1v) is 7.65. The molecule has 2 aromatic rings. The van der Waals surface area contributed by atoms with Crippen LogP contribution in [0.5, 0.6) is 0 Å². The number of hydrogen-bond acceptors (Lipinski definition) is 5. The zero-order valence-electron chi connectivity index (χ0n) is 12.6. The first kappa shape index (κ1) is 18.3. The number of carboxylic acid groups (broad SMARTS) is 1. The number of halogens is 2. The quantitative estimate of drug-likeness (QED) is 0.724. The summed E-state index contributed by atoms with van der Waals surface area (Å²) in [6, 6.07) is 4.95. The van der Waals surface area contributed by atoms with Gasteiger partial charge >= 0.3 is 5.97 Å². The molecule has 1 heterocycles. The summed E-state index contributed by atoms with van der Waals surface area (Å²) in [5.74, 6) is -1.21. The Balaban J connectivity index is 2.15. The Labute approximate surface area is 147 Å². The van der Waals surface area contributed by atoms with Crippen molar-refractivity contribution in [2.75, 3.05) is 19.8 Å². The van der Waals surface area contributed by atoms with Crippen molar-refractivity contribution < 1.29 is 24.0 Å². The predicted octanol–water partition coefficient (Wildman–Crippen LogP) is 2.79. The van der Waals surface area contributed by atoms with Gasteiger partial charge in [-0.2, -0.15) is 0 Å². The molecule has 0 aliphatic rings. The number of carbonyl (C=O) groups is 2. The van der Waals surface area contributed by atoms with Gasteiger partial charge in [-0.15, -0.1) is 0 Å². The van der Waals surface area contributed by atoms with Crippen LogP contribution in [-0.2, 0) is 9.53 Å². The maximum atomic E-state index is 12.4. The molecule has 1 aromatic heterocycles. The van der Waals surface area contributed by atoms with Gasteiger partial charge in [-0.25, -0.2) is 4.79 Å². The molecule has 1 amide bonds. The van der Waals surface area contributed by atoms with E-state index in [0.717, 1.165) is 0 Å². The van der Waals surface area contributed by atoms with Crippen LogP contribution in [0.15, 0.2) is 22.7 Å². The first-order valence-electron chi connectivity index (χ1n) is 6.90. The number of aromatic nitrogens is 1. The number of rotatable bonds is 7. The van der Waals surface area contributed by atoms with Crippen molar-refractivity contribution in [3.8, 4) is 11.3 Å². The molecule has 24 heavy (non-hydrogen) atoms. The minimum Gasteiger partial charge on any atom is -0.480 e. The molecule has 7 nitrogen and oxygen atoms in total. The van der Waals surface area contributed by atoms with E-state index in [4.69, 9.17) is 37.6 Å². The monoisotopic (exact) mass is 372 g/mol. The Kier molecular flexibility index (Phi) is 6.19. The molecule has 0 saturated carbocycles. The molecule has 0 saturated heterocycles. The Morgan fingerprint density at radius 2 is 2.00 bits per heavy atom. The van der Waals surface area contributed by atoms with Crippen LogP contribution in [0, 0.1) is 6.92 Å². The molecule has 128 valence electrons. The molecule has 2 rings (SSSR count). The molecule has 0 spiro atoms. The fourth-order valence-electron chi connectivity index (χ4n) is 2.02. The highest BCUT2D eigenvalue weighted by Crippen LogP contribution is 2.36. The summed E-state index contributed by atoms with van der Waals surface area (Å²) in [6.07, 6.45) is 0. The van der Waals surface area contributed by atoms with Crippen molar-refractivity contribution in [3.63, 3.8) is 0 Å². The van der Waals surface area contributed by atoms with E-state index in [0.29, 0.717) is 21.4 Å². The number of nitrogens with one attached hydrogen (secondary N) is 1. The molecule has 9 heteroatoms. The van der Waals surface area contributed by atoms with Gasteiger partial charge in [0.1, 0.15) is 23.6 Å². The molecule has 0 aliphatic carbocycles. The molecule has 2 N–H and O–H groups in total. The highest BCUT2D eigenvalue weighted by atomic mass is 35.5. The Bertz CT molecular complexity index is 740. The normalized spacial score (nSPS) is 10.6. The van der Waals surface area contributed by atoms with E-state index < -0.39 is 18.5 Å². The third-order valence-electron chi connectivity index (χ3n) is 3.05. The summed E-state index contributed by atoms with van der Waals surface area (Å²) < 4.78 is 9.95. The van der Waals surface area contributed by atoms with Crippen LogP contribution in [-0.4, -0.2) is 41.9 Å². The van der Waals surface area contributed by atoms with Crippen molar-refractivity contribution in [2.45, 2.75) is 6.92 Å². The van der Waals surface area contributed by atoms with Gasteiger partial charge in [0.25, 0.3) is 5.91 Å². The second kappa shape index (κ2) is 8.14. The van der Waals surface area contributed by atoms with Gasteiger partial charge in [0, 0.05) is 12.1 Å². The lowest BCUT2D eigenvalue weighted by molar-refractivity contribution is -0.142. The smallest absolute Gasteiger partial charge is 0.329 e. The van der Waals surface area contributed by atoms with Crippen LogP contribution in [0.2, 0.25) is 10.0 Å². The number of nitrogens with zero attached hydrogens (tertiary/aromatic N) is 1. The van der Waals surface area contributed by atoms with Crippen LogP contribution in [0.1, 0.15) is 16.1 Å². The summed E-state index contributed by atoms with van der Waals surface area (Å²) in [5, 5.41) is 15.6. The standard InChI is InChI=1S/C15H14Cl2N2O5/c1-8-12(15(22)18-5-6-23-7-11(20)21)14(19-24-8)13-9(16)3-2-4-10(13)17/h2-4H,5-7H2,1H3,(H,18,22)(H,20,21). The summed E-state index contributed by atoms with van der Waals surface area (Å²) in [6.45, 7) is 1.36. The van der Waals surface area contributed by atoms with Crippen LogP contribution in [0.3, 0.4) is 0 Å². The third kappa shape index (κ3) is 4.25. The average molecular weight is 373 g/mol. The minimum absolute atomic E-state index is 0.0601. The van der Waals surface area contributed by atoms with E-state index in [1.54, 1.807) is 25.1 Å². The van der Waals surface area contributed by atoms with E-state index in [1.165, 1.54) is 0 Å². The second-order valence-electron chi connectivity index (χ2n) is 4.76. The molecule has 0 atom stereocenters. The number of carbonyl (C=O) groups excluding carboxylic acids is 1. The molecule has 0 radical (unpaired) electrons.